The maximum absolute atomic E-state index is 11.7. The van der Waals surface area contributed by atoms with Crippen LogP contribution in [0.1, 0.15) is 42.3 Å². The van der Waals surface area contributed by atoms with Crippen molar-refractivity contribution in [1.82, 2.24) is 0 Å². The Labute approximate surface area is 124 Å². The number of hydrogen-bond donors (Lipinski definition) is 0. The number of fused-ring (bicyclic) bond motifs is 1. The Hall–Kier alpha value is -1.15. The lowest BCUT2D eigenvalue weighted by molar-refractivity contribution is 0.0967. The van der Waals surface area contributed by atoms with E-state index >= 15 is 0 Å². The van der Waals surface area contributed by atoms with Crippen molar-refractivity contribution in [1.29, 1.82) is 0 Å². The zero-order valence-electron chi connectivity index (χ0n) is 13.5. The zero-order valence-corrected chi connectivity index (χ0v) is 14.5. The second-order valence-electron chi connectivity index (χ2n) is 7.79. The van der Waals surface area contributed by atoms with Crippen LogP contribution in [0.2, 0.25) is 24.2 Å². The molecule has 20 heavy (non-hydrogen) atoms. The number of carbonyl (C=O) groups is 1. The predicted octanol–water partition coefficient (Wildman–Crippen LogP) is 5.03. The standard InChI is InChI=1S/C18H26OSi/c1-13(12-20(5,6)18(2,3)4)10-14-8-7-9-15-11-16(19)17(14)15/h7-9H,1,10-12H2,2-6H3. The van der Waals surface area contributed by atoms with Crippen molar-refractivity contribution in [3.05, 3.63) is 47.0 Å². The van der Waals surface area contributed by atoms with E-state index in [0.29, 0.717) is 17.2 Å². The molecule has 0 unspecified atom stereocenters. The van der Waals surface area contributed by atoms with Crippen molar-refractivity contribution >= 4 is 13.9 Å². The summed E-state index contributed by atoms with van der Waals surface area (Å²) >= 11 is 0. The lowest BCUT2D eigenvalue weighted by Crippen LogP contribution is -2.37. The third-order valence-electron chi connectivity index (χ3n) is 5.03. The van der Waals surface area contributed by atoms with E-state index in [9.17, 15) is 4.79 Å². The van der Waals surface area contributed by atoms with Gasteiger partial charge in [-0.3, -0.25) is 4.79 Å². The first-order valence-corrected chi connectivity index (χ1v) is 10.6. The summed E-state index contributed by atoms with van der Waals surface area (Å²) in [6.45, 7) is 16.2. The topological polar surface area (TPSA) is 17.1 Å². The van der Waals surface area contributed by atoms with E-state index in [-0.39, 0.29) is 0 Å². The number of ketones is 1. The van der Waals surface area contributed by atoms with Gasteiger partial charge in [-0.25, -0.2) is 0 Å². The van der Waals surface area contributed by atoms with Crippen molar-refractivity contribution < 1.29 is 4.79 Å². The molecule has 2 heteroatoms. The fourth-order valence-electron chi connectivity index (χ4n) is 2.68. The minimum Gasteiger partial charge on any atom is -0.294 e. The van der Waals surface area contributed by atoms with Crippen molar-refractivity contribution in [2.45, 2.75) is 57.8 Å². The summed E-state index contributed by atoms with van der Waals surface area (Å²) in [5.74, 6) is 0.302. The number of rotatable bonds is 4. The molecule has 0 N–H and O–H groups in total. The Morgan fingerprint density at radius 1 is 1.30 bits per heavy atom. The number of benzene rings is 1. The molecule has 1 aliphatic carbocycles. The fourth-order valence-corrected chi connectivity index (χ4v) is 4.59. The molecule has 0 heterocycles. The summed E-state index contributed by atoms with van der Waals surface area (Å²) in [7, 11) is -1.34. The average molecular weight is 286 g/mol. The molecule has 1 aromatic rings. The van der Waals surface area contributed by atoms with Gasteiger partial charge in [0, 0.05) is 12.0 Å². The van der Waals surface area contributed by atoms with Crippen LogP contribution in [0, 0.1) is 0 Å². The third kappa shape index (κ3) is 2.80. The summed E-state index contributed by atoms with van der Waals surface area (Å²) in [5.41, 5.74) is 4.66. The van der Waals surface area contributed by atoms with Crippen LogP contribution in [0.15, 0.2) is 30.4 Å². The van der Waals surface area contributed by atoms with Gasteiger partial charge in [0.2, 0.25) is 0 Å². The van der Waals surface area contributed by atoms with E-state index in [1.807, 2.05) is 0 Å². The van der Waals surface area contributed by atoms with Gasteiger partial charge in [-0.05, 0) is 28.6 Å². The van der Waals surface area contributed by atoms with Crippen LogP contribution >= 0.6 is 0 Å². The van der Waals surface area contributed by atoms with Crippen LogP contribution in [0.3, 0.4) is 0 Å². The first-order valence-electron chi connectivity index (χ1n) is 7.42. The number of carbonyl (C=O) groups excluding carboxylic acids is 1. The van der Waals surface area contributed by atoms with Gasteiger partial charge in [-0.2, -0.15) is 0 Å². The molecule has 0 spiro atoms. The van der Waals surface area contributed by atoms with E-state index in [1.165, 1.54) is 16.7 Å². The van der Waals surface area contributed by atoms with Gasteiger partial charge in [-0.1, -0.05) is 64.2 Å². The molecule has 108 valence electrons. The monoisotopic (exact) mass is 286 g/mol. The van der Waals surface area contributed by atoms with Crippen LogP contribution in [-0.2, 0) is 12.8 Å². The minimum absolute atomic E-state index is 0.302. The van der Waals surface area contributed by atoms with E-state index in [1.54, 1.807) is 0 Å². The van der Waals surface area contributed by atoms with Crippen LogP contribution in [0.25, 0.3) is 0 Å². The molecule has 0 saturated carbocycles. The number of allylic oxidation sites excluding steroid dienone is 1. The molecular formula is C18H26OSi. The Bertz CT molecular complexity index is 561. The van der Waals surface area contributed by atoms with Crippen LogP contribution in [-0.4, -0.2) is 13.9 Å². The highest BCUT2D eigenvalue weighted by Gasteiger charge is 2.35. The molecule has 0 aliphatic heterocycles. The molecule has 0 radical (unpaired) electrons. The van der Waals surface area contributed by atoms with Gasteiger partial charge in [0.15, 0.2) is 5.78 Å². The van der Waals surface area contributed by atoms with Crippen LogP contribution < -0.4 is 0 Å². The second-order valence-corrected chi connectivity index (χ2v) is 13.4. The molecule has 0 fully saturated rings. The molecule has 1 nitrogen and oxygen atoms in total. The Kier molecular flexibility index (Phi) is 3.81. The van der Waals surface area contributed by atoms with Crippen LogP contribution in [0.4, 0.5) is 0 Å². The molecule has 1 aliphatic rings. The van der Waals surface area contributed by atoms with Crippen molar-refractivity contribution in [2.24, 2.45) is 0 Å². The van der Waals surface area contributed by atoms with Crippen molar-refractivity contribution in [3.8, 4) is 0 Å². The van der Waals surface area contributed by atoms with Crippen LogP contribution in [0.5, 0.6) is 0 Å². The molecule has 0 aromatic heterocycles. The fraction of sp³-hybridized carbons (Fsp3) is 0.500. The highest BCUT2D eigenvalue weighted by atomic mass is 28.3. The minimum atomic E-state index is -1.34. The lowest BCUT2D eigenvalue weighted by atomic mass is 9.82. The first-order chi connectivity index (χ1) is 9.12. The van der Waals surface area contributed by atoms with Crippen molar-refractivity contribution in [3.63, 3.8) is 0 Å². The zero-order chi connectivity index (χ0) is 15.1. The molecule has 0 saturated heterocycles. The number of Topliss-reactive ketones (excluding diaryl/α,β-unsaturated/α-hetero) is 1. The van der Waals surface area contributed by atoms with E-state index in [0.717, 1.165) is 18.0 Å². The average Bonchev–Trinajstić information content (AvgIpc) is 2.24. The Morgan fingerprint density at radius 3 is 2.50 bits per heavy atom. The largest absolute Gasteiger partial charge is 0.294 e. The quantitative estimate of drug-likeness (QED) is 0.560. The van der Waals surface area contributed by atoms with Gasteiger partial charge in [0.1, 0.15) is 0 Å². The molecule has 2 rings (SSSR count). The third-order valence-corrected chi connectivity index (χ3v) is 10.5. The lowest BCUT2D eigenvalue weighted by Gasteiger charge is -2.37. The second kappa shape index (κ2) is 4.99. The van der Waals surface area contributed by atoms with Gasteiger partial charge < -0.3 is 0 Å². The summed E-state index contributed by atoms with van der Waals surface area (Å²) in [4.78, 5) is 11.7. The molecule has 1 aromatic carbocycles. The van der Waals surface area contributed by atoms with E-state index in [2.05, 4.69) is 58.6 Å². The number of hydrogen-bond acceptors (Lipinski definition) is 1. The summed E-state index contributed by atoms with van der Waals surface area (Å²) in [5, 5.41) is 0.382. The smallest absolute Gasteiger partial charge is 0.167 e. The normalized spacial score (nSPS) is 14.8. The maximum Gasteiger partial charge on any atom is 0.167 e. The highest BCUT2D eigenvalue weighted by Crippen LogP contribution is 2.41. The van der Waals surface area contributed by atoms with Gasteiger partial charge >= 0.3 is 0 Å². The Balaban J connectivity index is 2.11. The first kappa shape index (κ1) is 15.2. The molecule has 0 bridgehead atoms. The predicted molar refractivity (Wildman–Crippen MR) is 89.3 cm³/mol. The van der Waals surface area contributed by atoms with Gasteiger partial charge in [0.05, 0.1) is 8.07 Å². The Morgan fingerprint density at radius 2 is 1.95 bits per heavy atom. The van der Waals surface area contributed by atoms with E-state index in [4.69, 9.17) is 0 Å². The van der Waals surface area contributed by atoms with E-state index < -0.39 is 8.07 Å². The summed E-state index contributed by atoms with van der Waals surface area (Å²) < 4.78 is 0. The molecular weight excluding hydrogens is 260 g/mol. The van der Waals surface area contributed by atoms with Gasteiger partial charge in [0.25, 0.3) is 0 Å². The van der Waals surface area contributed by atoms with Gasteiger partial charge in [-0.15, -0.1) is 0 Å². The molecule has 0 amide bonds. The summed E-state index contributed by atoms with van der Waals surface area (Å²) in [6, 6.07) is 7.36. The molecule has 0 atom stereocenters. The SMILES string of the molecule is C=C(Cc1cccc2c1C(=O)C2)C[Si](C)(C)C(C)(C)C. The highest BCUT2D eigenvalue weighted by molar-refractivity contribution is 6.80. The van der Waals surface area contributed by atoms with Crippen molar-refractivity contribution in [2.75, 3.05) is 0 Å². The summed E-state index contributed by atoms with van der Waals surface area (Å²) in [6.07, 6.45) is 1.49. The maximum atomic E-state index is 11.7.